The van der Waals surface area contributed by atoms with Crippen LogP contribution in [0.15, 0.2) is 60.7 Å². The maximum atomic E-state index is 12.8. The van der Waals surface area contributed by atoms with Crippen molar-refractivity contribution in [3.05, 3.63) is 71.8 Å². The van der Waals surface area contributed by atoms with Gasteiger partial charge in [-0.05, 0) is 11.1 Å². The van der Waals surface area contributed by atoms with Crippen LogP contribution in [0.25, 0.3) is 0 Å². The predicted molar refractivity (Wildman–Crippen MR) is 116 cm³/mol. The van der Waals surface area contributed by atoms with Crippen molar-refractivity contribution < 1.29 is 29.0 Å². The topological polar surface area (TPSA) is 113 Å². The Morgan fingerprint density at radius 1 is 1.03 bits per heavy atom. The lowest BCUT2D eigenvalue weighted by atomic mass is 9.89. The average Bonchev–Trinajstić information content (AvgIpc) is 2.79. The molecular formula is C24H26N2O6. The van der Waals surface area contributed by atoms with Crippen molar-refractivity contribution in [3.63, 3.8) is 0 Å². The molecule has 1 saturated heterocycles. The van der Waals surface area contributed by atoms with Crippen molar-refractivity contribution in [2.24, 2.45) is 5.92 Å². The third kappa shape index (κ3) is 6.75. The van der Waals surface area contributed by atoms with Crippen LogP contribution in [0.5, 0.6) is 0 Å². The van der Waals surface area contributed by atoms with E-state index in [0.29, 0.717) is 13.1 Å². The normalized spacial score (nSPS) is 17.4. The first-order valence-corrected chi connectivity index (χ1v) is 10.4. The van der Waals surface area contributed by atoms with Crippen molar-refractivity contribution >= 4 is 23.6 Å². The minimum Gasteiger partial charge on any atom is -0.480 e. The lowest BCUT2D eigenvalue weighted by molar-refractivity contribution is -0.143. The maximum absolute atomic E-state index is 12.8. The highest BCUT2D eigenvalue weighted by Gasteiger charge is 2.35. The number of amides is 1. The molecular weight excluding hydrogens is 412 g/mol. The molecule has 1 heterocycles. The van der Waals surface area contributed by atoms with Gasteiger partial charge in [0.1, 0.15) is 24.2 Å². The zero-order chi connectivity index (χ0) is 22.9. The highest BCUT2D eigenvalue weighted by molar-refractivity contribution is 6.04. The number of aliphatic carboxylic acids is 1. The second-order valence-corrected chi connectivity index (χ2v) is 7.76. The molecule has 1 unspecified atom stereocenters. The molecule has 1 fully saturated rings. The number of carboxylic acid groups (broad SMARTS) is 1. The van der Waals surface area contributed by atoms with Crippen molar-refractivity contribution in [1.82, 2.24) is 10.2 Å². The number of hydrogen-bond donors (Lipinski definition) is 2. The van der Waals surface area contributed by atoms with E-state index in [2.05, 4.69) is 5.32 Å². The lowest BCUT2D eigenvalue weighted by Crippen LogP contribution is -2.47. The van der Waals surface area contributed by atoms with E-state index in [1.165, 1.54) is 0 Å². The molecule has 0 aliphatic carbocycles. The molecule has 1 aliphatic heterocycles. The monoisotopic (exact) mass is 438 g/mol. The summed E-state index contributed by atoms with van der Waals surface area (Å²) in [6, 6.07) is 17.2. The van der Waals surface area contributed by atoms with E-state index >= 15 is 0 Å². The van der Waals surface area contributed by atoms with Gasteiger partial charge in [-0.25, -0.2) is 9.59 Å². The van der Waals surface area contributed by atoms with Crippen LogP contribution in [0.2, 0.25) is 0 Å². The number of hydrogen-bond acceptors (Lipinski definition) is 6. The van der Waals surface area contributed by atoms with Crippen LogP contribution in [-0.2, 0) is 32.3 Å². The number of carbonyl (C=O) groups excluding carboxylic acids is 3. The molecule has 0 bridgehead atoms. The van der Waals surface area contributed by atoms with E-state index in [1.807, 2.05) is 41.3 Å². The van der Waals surface area contributed by atoms with E-state index < -0.39 is 36.2 Å². The fourth-order valence-corrected chi connectivity index (χ4v) is 3.61. The number of benzene rings is 2. The summed E-state index contributed by atoms with van der Waals surface area (Å²) in [5, 5.41) is 11.7. The van der Waals surface area contributed by atoms with Gasteiger partial charge in [0.2, 0.25) is 0 Å². The van der Waals surface area contributed by atoms with E-state index in [4.69, 9.17) is 4.74 Å². The Morgan fingerprint density at radius 3 is 2.28 bits per heavy atom. The number of Topliss-reactive ketones (excluding diaryl/α,β-unsaturated/α-hetero) is 2. The second-order valence-electron chi connectivity index (χ2n) is 7.76. The molecule has 8 heteroatoms. The SMILES string of the molecule is O=C(N[C@@H](CC(=O)C1CN(Cc2ccccc2)CCC1=O)C(=O)O)OCc1ccccc1. The Bertz CT molecular complexity index is 947. The molecule has 2 aromatic carbocycles. The fraction of sp³-hybridized carbons (Fsp3) is 0.333. The molecule has 2 N–H and O–H groups in total. The highest BCUT2D eigenvalue weighted by atomic mass is 16.5. The van der Waals surface area contributed by atoms with Crippen LogP contribution in [0.1, 0.15) is 24.0 Å². The van der Waals surface area contributed by atoms with Gasteiger partial charge in [-0.2, -0.15) is 0 Å². The van der Waals surface area contributed by atoms with Crippen LogP contribution >= 0.6 is 0 Å². The minimum absolute atomic E-state index is 0.0253. The quantitative estimate of drug-likeness (QED) is 0.578. The van der Waals surface area contributed by atoms with Gasteiger partial charge in [-0.15, -0.1) is 0 Å². The number of likely N-dealkylation sites (tertiary alicyclic amines) is 1. The molecule has 2 atom stereocenters. The summed E-state index contributed by atoms with van der Waals surface area (Å²) in [6.45, 7) is 1.36. The largest absolute Gasteiger partial charge is 0.480 e. The number of carbonyl (C=O) groups is 4. The standard InChI is InChI=1S/C24H26N2O6/c27-21-11-12-26(14-17-7-3-1-4-8-17)15-19(21)22(28)13-20(23(29)30)25-24(31)32-16-18-9-5-2-6-10-18/h1-10,19-20H,11-16H2,(H,25,31)(H,29,30)/t19?,20-/m0/s1. The number of piperidine rings is 1. The Hall–Kier alpha value is -3.52. The van der Waals surface area contributed by atoms with Crippen LogP contribution in [0.3, 0.4) is 0 Å². The molecule has 2 aromatic rings. The zero-order valence-corrected chi connectivity index (χ0v) is 17.6. The first kappa shape index (κ1) is 23.1. The molecule has 0 radical (unpaired) electrons. The van der Waals surface area contributed by atoms with Gasteiger partial charge in [0.15, 0.2) is 0 Å². The number of ketones is 2. The van der Waals surface area contributed by atoms with E-state index in [1.54, 1.807) is 24.3 Å². The van der Waals surface area contributed by atoms with Gasteiger partial charge in [0, 0.05) is 32.5 Å². The number of carboxylic acids is 1. The third-order valence-corrected chi connectivity index (χ3v) is 5.35. The van der Waals surface area contributed by atoms with E-state index in [0.717, 1.165) is 11.1 Å². The molecule has 0 aromatic heterocycles. The van der Waals surface area contributed by atoms with E-state index in [-0.39, 0.29) is 25.4 Å². The summed E-state index contributed by atoms with van der Waals surface area (Å²) in [5.74, 6) is -2.96. The van der Waals surface area contributed by atoms with Gasteiger partial charge in [-0.1, -0.05) is 60.7 Å². The van der Waals surface area contributed by atoms with Crippen LogP contribution in [0, 0.1) is 5.92 Å². The van der Waals surface area contributed by atoms with Gasteiger partial charge in [0.05, 0.1) is 5.92 Å². The van der Waals surface area contributed by atoms with Crippen molar-refractivity contribution in [3.8, 4) is 0 Å². The summed E-state index contributed by atoms with van der Waals surface area (Å²) in [6.07, 6.45) is -1.19. The molecule has 0 saturated carbocycles. The summed E-state index contributed by atoms with van der Waals surface area (Å²) < 4.78 is 5.04. The average molecular weight is 438 g/mol. The number of rotatable bonds is 9. The molecule has 168 valence electrons. The molecule has 0 spiro atoms. The molecule has 1 aliphatic rings. The fourth-order valence-electron chi connectivity index (χ4n) is 3.61. The Morgan fingerprint density at radius 2 is 1.66 bits per heavy atom. The number of nitrogens with one attached hydrogen (secondary N) is 1. The van der Waals surface area contributed by atoms with Crippen molar-refractivity contribution in [2.75, 3.05) is 13.1 Å². The molecule has 32 heavy (non-hydrogen) atoms. The minimum atomic E-state index is -1.47. The second kappa shape index (κ2) is 11.2. The lowest BCUT2D eigenvalue weighted by Gasteiger charge is -2.31. The summed E-state index contributed by atoms with van der Waals surface area (Å²) in [7, 11) is 0. The zero-order valence-electron chi connectivity index (χ0n) is 17.6. The van der Waals surface area contributed by atoms with Gasteiger partial charge in [-0.3, -0.25) is 14.5 Å². The predicted octanol–water partition coefficient (Wildman–Crippen LogP) is 2.42. The summed E-state index contributed by atoms with van der Waals surface area (Å²) in [4.78, 5) is 50.8. The molecule has 8 nitrogen and oxygen atoms in total. The van der Waals surface area contributed by atoms with Gasteiger partial charge < -0.3 is 15.2 Å². The van der Waals surface area contributed by atoms with Gasteiger partial charge >= 0.3 is 12.1 Å². The summed E-state index contributed by atoms with van der Waals surface area (Å²) >= 11 is 0. The third-order valence-electron chi connectivity index (χ3n) is 5.35. The Balaban J connectivity index is 1.54. The first-order valence-electron chi connectivity index (χ1n) is 10.4. The Labute approximate surface area is 186 Å². The smallest absolute Gasteiger partial charge is 0.408 e. The molecule has 1 amide bonds. The molecule has 3 rings (SSSR count). The van der Waals surface area contributed by atoms with Crippen LogP contribution in [-0.4, -0.2) is 52.8 Å². The number of nitrogens with zero attached hydrogens (tertiary/aromatic N) is 1. The highest BCUT2D eigenvalue weighted by Crippen LogP contribution is 2.19. The first-order chi connectivity index (χ1) is 15.4. The summed E-state index contributed by atoms with van der Waals surface area (Å²) in [5.41, 5.74) is 1.82. The number of ether oxygens (including phenoxy) is 1. The number of alkyl carbamates (subject to hydrolysis) is 1. The maximum Gasteiger partial charge on any atom is 0.408 e. The van der Waals surface area contributed by atoms with E-state index in [9.17, 15) is 24.3 Å². The van der Waals surface area contributed by atoms with Crippen molar-refractivity contribution in [1.29, 1.82) is 0 Å². The Kier molecular flexibility index (Phi) is 8.10. The van der Waals surface area contributed by atoms with Crippen molar-refractivity contribution in [2.45, 2.75) is 32.0 Å². The van der Waals surface area contributed by atoms with Crippen LogP contribution in [0.4, 0.5) is 4.79 Å². The van der Waals surface area contributed by atoms with Crippen LogP contribution < -0.4 is 5.32 Å². The van der Waals surface area contributed by atoms with Gasteiger partial charge in [0.25, 0.3) is 0 Å².